The van der Waals surface area contributed by atoms with E-state index in [1.54, 1.807) is 19.5 Å². The number of hydrogen-bond acceptors (Lipinski definition) is 3. The molecule has 0 radical (unpaired) electrons. The molecule has 1 aromatic carbocycles. The van der Waals surface area contributed by atoms with Crippen molar-refractivity contribution in [3.05, 3.63) is 41.2 Å². The van der Waals surface area contributed by atoms with Gasteiger partial charge in [-0.25, -0.2) is 4.98 Å². The van der Waals surface area contributed by atoms with Crippen molar-refractivity contribution in [2.75, 3.05) is 12.8 Å². The molecule has 5 heteroatoms. The second-order valence-electron chi connectivity index (χ2n) is 3.33. The van der Waals surface area contributed by atoms with Crippen molar-refractivity contribution in [2.45, 2.75) is 6.54 Å². The first-order valence-electron chi connectivity index (χ1n) is 4.80. The van der Waals surface area contributed by atoms with Crippen LogP contribution in [0, 0.1) is 0 Å². The number of nitrogen functional groups attached to an aromatic ring is 1. The van der Waals surface area contributed by atoms with Gasteiger partial charge in [0.1, 0.15) is 5.75 Å². The van der Waals surface area contributed by atoms with Crippen LogP contribution in [0.25, 0.3) is 0 Å². The molecule has 0 aliphatic carbocycles. The highest BCUT2D eigenvalue weighted by Crippen LogP contribution is 2.27. The van der Waals surface area contributed by atoms with E-state index in [2.05, 4.69) is 4.98 Å². The van der Waals surface area contributed by atoms with Gasteiger partial charge < -0.3 is 15.0 Å². The van der Waals surface area contributed by atoms with Crippen molar-refractivity contribution in [2.24, 2.45) is 0 Å². The molecule has 1 heterocycles. The summed E-state index contributed by atoms with van der Waals surface area (Å²) in [5.41, 5.74) is 6.60. The highest BCUT2D eigenvalue weighted by atomic mass is 35.5. The van der Waals surface area contributed by atoms with Gasteiger partial charge in [0.15, 0.2) is 5.95 Å². The number of nitrogens with two attached hydrogens (primary N) is 1. The Bertz CT molecular complexity index is 496. The first-order chi connectivity index (χ1) is 7.72. The Morgan fingerprint density at radius 1 is 1.50 bits per heavy atom. The summed E-state index contributed by atoms with van der Waals surface area (Å²) in [6, 6.07) is 5.54. The van der Waals surface area contributed by atoms with Gasteiger partial charge in [-0.05, 0) is 12.1 Å². The molecule has 0 atom stereocenters. The average molecular weight is 238 g/mol. The van der Waals surface area contributed by atoms with Gasteiger partial charge in [-0.15, -0.1) is 0 Å². The lowest BCUT2D eigenvalue weighted by Crippen LogP contribution is -2.05. The van der Waals surface area contributed by atoms with Crippen LogP contribution in [0.3, 0.4) is 0 Å². The lowest BCUT2D eigenvalue weighted by Gasteiger charge is -2.11. The maximum atomic E-state index is 6.12. The molecular formula is C11H12ClN3O. The monoisotopic (exact) mass is 237 g/mol. The molecule has 0 amide bonds. The SMILES string of the molecule is COc1cccc(Cl)c1Cn1ccnc1N. The molecule has 2 N–H and O–H groups in total. The van der Waals surface area contributed by atoms with Gasteiger partial charge in [-0.2, -0.15) is 0 Å². The standard InChI is InChI=1S/C11H12ClN3O/c1-16-10-4-2-3-9(12)8(10)7-15-6-5-14-11(15)13/h2-6H,7H2,1H3,(H2,13,14). The average Bonchev–Trinajstić information content (AvgIpc) is 2.67. The van der Waals surface area contributed by atoms with E-state index in [1.165, 1.54) is 0 Å². The molecule has 0 aliphatic rings. The van der Waals surface area contributed by atoms with Gasteiger partial charge in [-0.1, -0.05) is 17.7 Å². The number of imidazole rings is 1. The zero-order valence-corrected chi connectivity index (χ0v) is 9.61. The van der Waals surface area contributed by atoms with E-state index < -0.39 is 0 Å². The number of aromatic nitrogens is 2. The molecule has 84 valence electrons. The lowest BCUT2D eigenvalue weighted by atomic mass is 10.2. The van der Waals surface area contributed by atoms with Crippen molar-refractivity contribution in [1.82, 2.24) is 9.55 Å². The minimum absolute atomic E-state index is 0.460. The number of methoxy groups -OCH3 is 1. The Balaban J connectivity index is 2.37. The summed E-state index contributed by atoms with van der Waals surface area (Å²) in [4.78, 5) is 3.95. The predicted octanol–water partition coefficient (Wildman–Crippen LogP) is 2.18. The molecule has 0 fully saturated rings. The van der Waals surface area contributed by atoms with E-state index in [0.29, 0.717) is 17.5 Å². The van der Waals surface area contributed by atoms with Gasteiger partial charge in [0.25, 0.3) is 0 Å². The third kappa shape index (κ3) is 1.97. The number of nitrogens with zero attached hydrogens (tertiary/aromatic N) is 2. The van der Waals surface area contributed by atoms with E-state index in [-0.39, 0.29) is 0 Å². The summed E-state index contributed by atoms with van der Waals surface area (Å²) >= 11 is 6.12. The van der Waals surface area contributed by atoms with E-state index in [0.717, 1.165) is 11.3 Å². The van der Waals surface area contributed by atoms with Crippen molar-refractivity contribution in [1.29, 1.82) is 0 Å². The summed E-state index contributed by atoms with van der Waals surface area (Å²) < 4.78 is 7.07. The molecule has 0 unspecified atom stereocenters. The second-order valence-corrected chi connectivity index (χ2v) is 3.74. The van der Waals surface area contributed by atoms with Crippen LogP contribution in [0.15, 0.2) is 30.6 Å². The topological polar surface area (TPSA) is 53.1 Å². The Hall–Kier alpha value is -1.68. The van der Waals surface area contributed by atoms with Crippen LogP contribution in [0.4, 0.5) is 5.95 Å². The summed E-state index contributed by atoms with van der Waals surface area (Å²) in [7, 11) is 1.62. The lowest BCUT2D eigenvalue weighted by molar-refractivity contribution is 0.408. The minimum Gasteiger partial charge on any atom is -0.496 e. The van der Waals surface area contributed by atoms with Crippen molar-refractivity contribution in [3.63, 3.8) is 0 Å². The van der Waals surface area contributed by atoms with Gasteiger partial charge in [-0.3, -0.25) is 0 Å². The molecule has 0 saturated heterocycles. The Kier molecular flexibility index (Phi) is 3.01. The first-order valence-corrected chi connectivity index (χ1v) is 5.18. The molecule has 0 aliphatic heterocycles. The van der Waals surface area contributed by atoms with Crippen LogP contribution in [0.5, 0.6) is 5.75 Å². The van der Waals surface area contributed by atoms with Crippen LogP contribution in [-0.2, 0) is 6.54 Å². The van der Waals surface area contributed by atoms with Crippen LogP contribution in [-0.4, -0.2) is 16.7 Å². The summed E-state index contributed by atoms with van der Waals surface area (Å²) in [6.45, 7) is 0.550. The number of anilines is 1. The fraction of sp³-hybridized carbons (Fsp3) is 0.182. The number of ether oxygens (including phenoxy) is 1. The van der Waals surface area contributed by atoms with Gasteiger partial charge in [0.05, 0.1) is 13.7 Å². The summed E-state index contributed by atoms with van der Waals surface area (Å²) in [5, 5.41) is 0.660. The largest absolute Gasteiger partial charge is 0.496 e. The van der Waals surface area contributed by atoms with Gasteiger partial charge in [0, 0.05) is 23.0 Å². The van der Waals surface area contributed by atoms with Crippen LogP contribution >= 0.6 is 11.6 Å². The van der Waals surface area contributed by atoms with E-state index >= 15 is 0 Å². The third-order valence-electron chi connectivity index (χ3n) is 2.37. The summed E-state index contributed by atoms with van der Waals surface area (Å²) in [6.07, 6.45) is 3.46. The van der Waals surface area contributed by atoms with E-state index in [1.807, 2.05) is 22.8 Å². The van der Waals surface area contributed by atoms with E-state index in [4.69, 9.17) is 22.1 Å². The zero-order chi connectivity index (χ0) is 11.5. The smallest absolute Gasteiger partial charge is 0.200 e. The number of benzene rings is 1. The van der Waals surface area contributed by atoms with Gasteiger partial charge >= 0.3 is 0 Å². The molecule has 0 saturated carbocycles. The Labute approximate surface area is 98.6 Å². The Morgan fingerprint density at radius 2 is 2.31 bits per heavy atom. The third-order valence-corrected chi connectivity index (χ3v) is 2.73. The quantitative estimate of drug-likeness (QED) is 0.890. The normalized spacial score (nSPS) is 10.4. The highest BCUT2D eigenvalue weighted by molar-refractivity contribution is 6.31. The van der Waals surface area contributed by atoms with Crippen LogP contribution < -0.4 is 10.5 Å². The first kappa shape index (κ1) is 10.8. The zero-order valence-electron chi connectivity index (χ0n) is 8.85. The van der Waals surface area contributed by atoms with Crippen molar-refractivity contribution >= 4 is 17.5 Å². The highest BCUT2D eigenvalue weighted by Gasteiger charge is 2.09. The fourth-order valence-corrected chi connectivity index (χ4v) is 1.75. The predicted molar refractivity (Wildman–Crippen MR) is 63.7 cm³/mol. The maximum absolute atomic E-state index is 6.12. The van der Waals surface area contributed by atoms with Crippen molar-refractivity contribution in [3.8, 4) is 5.75 Å². The van der Waals surface area contributed by atoms with Crippen LogP contribution in [0.2, 0.25) is 5.02 Å². The second kappa shape index (κ2) is 4.45. The van der Waals surface area contributed by atoms with E-state index in [9.17, 15) is 0 Å². The van der Waals surface area contributed by atoms with Crippen molar-refractivity contribution < 1.29 is 4.74 Å². The molecule has 2 aromatic rings. The van der Waals surface area contributed by atoms with Crippen LogP contribution in [0.1, 0.15) is 5.56 Å². The molecule has 1 aromatic heterocycles. The molecule has 0 spiro atoms. The maximum Gasteiger partial charge on any atom is 0.200 e. The minimum atomic E-state index is 0.460. The number of halogens is 1. The molecule has 4 nitrogen and oxygen atoms in total. The number of hydrogen-bond donors (Lipinski definition) is 1. The fourth-order valence-electron chi connectivity index (χ4n) is 1.53. The van der Waals surface area contributed by atoms with Gasteiger partial charge in [0.2, 0.25) is 0 Å². The molecule has 2 rings (SSSR count). The summed E-state index contributed by atoms with van der Waals surface area (Å²) in [5.74, 6) is 1.21. The molecule has 16 heavy (non-hydrogen) atoms. The number of rotatable bonds is 3. The Morgan fingerprint density at radius 3 is 2.94 bits per heavy atom. The molecular weight excluding hydrogens is 226 g/mol. The molecule has 0 bridgehead atoms.